The lowest BCUT2D eigenvalue weighted by atomic mass is 9.72. The third-order valence-corrected chi connectivity index (χ3v) is 4.33. The summed E-state index contributed by atoms with van der Waals surface area (Å²) in [6, 6.07) is 0.170. The van der Waals surface area contributed by atoms with Crippen molar-refractivity contribution in [1.82, 2.24) is 14.7 Å². The van der Waals surface area contributed by atoms with E-state index in [0.717, 1.165) is 13.1 Å². The van der Waals surface area contributed by atoms with Crippen LogP contribution in [0.25, 0.3) is 0 Å². The number of carbonyl (C=O) groups excluding carboxylic acids is 1. The Morgan fingerprint density at radius 1 is 1.12 bits per heavy atom. The molecule has 2 fully saturated rings. The van der Waals surface area contributed by atoms with Gasteiger partial charge in [-0.1, -0.05) is 0 Å². The summed E-state index contributed by atoms with van der Waals surface area (Å²) in [6.07, 6.45) is 5.02. The third kappa shape index (κ3) is 2.73. The number of hydrogen-bond donors (Lipinski definition) is 0. The lowest BCUT2D eigenvalue weighted by molar-refractivity contribution is 0.0410. The normalized spacial score (nSPS) is 25.0. The van der Waals surface area contributed by atoms with Gasteiger partial charge in [0.2, 0.25) is 0 Å². The van der Waals surface area contributed by atoms with E-state index in [4.69, 9.17) is 0 Å². The van der Waals surface area contributed by atoms with Crippen molar-refractivity contribution in [3.8, 4) is 0 Å². The van der Waals surface area contributed by atoms with E-state index in [2.05, 4.69) is 11.9 Å². The van der Waals surface area contributed by atoms with Crippen molar-refractivity contribution in [2.24, 2.45) is 5.41 Å². The predicted octanol–water partition coefficient (Wildman–Crippen LogP) is 1.48. The second-order valence-electron chi connectivity index (χ2n) is 6.01. The molecule has 2 heterocycles. The second-order valence-corrected chi connectivity index (χ2v) is 6.01. The van der Waals surface area contributed by atoms with Gasteiger partial charge in [-0.3, -0.25) is 0 Å². The fourth-order valence-corrected chi connectivity index (χ4v) is 3.32. The molecule has 2 saturated heterocycles. The van der Waals surface area contributed by atoms with Gasteiger partial charge in [0.25, 0.3) is 0 Å². The molecule has 98 valence electrons. The Balaban J connectivity index is 1.91. The van der Waals surface area contributed by atoms with Crippen LogP contribution in [0.1, 0.15) is 25.7 Å². The minimum absolute atomic E-state index is 0.170. The highest BCUT2D eigenvalue weighted by Gasteiger charge is 2.38. The highest BCUT2D eigenvalue weighted by Crippen LogP contribution is 2.39. The number of urea groups is 1. The molecule has 0 radical (unpaired) electrons. The lowest BCUT2D eigenvalue weighted by Gasteiger charge is -2.47. The van der Waals surface area contributed by atoms with E-state index >= 15 is 0 Å². The van der Waals surface area contributed by atoms with Crippen LogP contribution in [0.2, 0.25) is 0 Å². The van der Waals surface area contributed by atoms with Gasteiger partial charge in [-0.05, 0) is 44.7 Å². The molecule has 0 N–H and O–H groups in total. The van der Waals surface area contributed by atoms with E-state index in [1.165, 1.54) is 38.8 Å². The topological polar surface area (TPSA) is 26.8 Å². The molecule has 0 aromatic carbocycles. The molecule has 2 aliphatic rings. The van der Waals surface area contributed by atoms with Crippen molar-refractivity contribution < 1.29 is 4.79 Å². The van der Waals surface area contributed by atoms with Crippen LogP contribution in [0.3, 0.4) is 0 Å². The van der Waals surface area contributed by atoms with E-state index in [0.29, 0.717) is 5.41 Å². The average molecular weight is 239 g/mol. The summed E-state index contributed by atoms with van der Waals surface area (Å²) < 4.78 is 0. The molecule has 0 saturated carbocycles. The minimum atomic E-state index is 0.170. The van der Waals surface area contributed by atoms with Crippen molar-refractivity contribution in [3.63, 3.8) is 0 Å². The summed E-state index contributed by atoms with van der Waals surface area (Å²) in [5.74, 6) is 0. The minimum Gasteiger partial charge on any atom is -0.331 e. The van der Waals surface area contributed by atoms with Gasteiger partial charge in [-0.25, -0.2) is 4.79 Å². The molecule has 0 aliphatic carbocycles. The molecule has 17 heavy (non-hydrogen) atoms. The van der Waals surface area contributed by atoms with Gasteiger partial charge in [-0.2, -0.15) is 0 Å². The van der Waals surface area contributed by atoms with Gasteiger partial charge >= 0.3 is 6.03 Å². The number of hydrogen-bond acceptors (Lipinski definition) is 2. The Hall–Kier alpha value is -0.770. The molecule has 2 amide bonds. The number of amides is 2. The largest absolute Gasteiger partial charge is 0.331 e. The van der Waals surface area contributed by atoms with Gasteiger partial charge < -0.3 is 14.7 Å². The smallest absolute Gasteiger partial charge is 0.319 e. The Bertz CT molecular complexity index is 282. The van der Waals surface area contributed by atoms with Crippen molar-refractivity contribution in [2.75, 3.05) is 47.3 Å². The SMILES string of the molecule is CN1CCCC2(CCN(C(=O)N(C)C)CC2)C1. The van der Waals surface area contributed by atoms with Gasteiger partial charge in [0.1, 0.15) is 0 Å². The molecule has 0 unspecified atom stereocenters. The molecule has 4 heteroatoms. The molecule has 4 nitrogen and oxygen atoms in total. The van der Waals surface area contributed by atoms with Gasteiger partial charge in [0, 0.05) is 33.7 Å². The monoisotopic (exact) mass is 239 g/mol. The molecule has 2 aliphatic heterocycles. The van der Waals surface area contributed by atoms with Gasteiger partial charge in [-0.15, -0.1) is 0 Å². The summed E-state index contributed by atoms with van der Waals surface area (Å²) in [5, 5.41) is 0. The molecule has 0 bridgehead atoms. The van der Waals surface area contributed by atoms with Crippen LogP contribution in [0.5, 0.6) is 0 Å². The predicted molar refractivity (Wildman–Crippen MR) is 69.1 cm³/mol. The first-order valence-corrected chi connectivity index (χ1v) is 6.67. The zero-order valence-electron chi connectivity index (χ0n) is 11.4. The number of likely N-dealkylation sites (tertiary alicyclic amines) is 2. The molecule has 0 aromatic rings. The zero-order chi connectivity index (χ0) is 12.5. The maximum absolute atomic E-state index is 11.9. The maximum atomic E-state index is 11.9. The number of nitrogens with zero attached hydrogens (tertiary/aromatic N) is 3. The van der Waals surface area contributed by atoms with Crippen LogP contribution in [-0.4, -0.2) is 68.1 Å². The van der Waals surface area contributed by atoms with E-state index in [9.17, 15) is 4.79 Å². The summed E-state index contributed by atoms with van der Waals surface area (Å²) >= 11 is 0. The summed E-state index contributed by atoms with van der Waals surface area (Å²) in [4.78, 5) is 18.0. The van der Waals surface area contributed by atoms with E-state index < -0.39 is 0 Å². The van der Waals surface area contributed by atoms with E-state index in [1.54, 1.807) is 4.90 Å². The molecule has 2 rings (SSSR count). The van der Waals surface area contributed by atoms with Crippen LogP contribution in [0.4, 0.5) is 4.79 Å². The molecular weight excluding hydrogens is 214 g/mol. The highest BCUT2D eigenvalue weighted by molar-refractivity contribution is 5.73. The lowest BCUT2D eigenvalue weighted by Crippen LogP contribution is -2.51. The second kappa shape index (κ2) is 4.84. The van der Waals surface area contributed by atoms with Crippen molar-refractivity contribution in [1.29, 1.82) is 0 Å². The Labute approximate surface area is 105 Å². The van der Waals surface area contributed by atoms with Crippen LogP contribution in [0, 0.1) is 5.41 Å². The Morgan fingerprint density at radius 2 is 1.76 bits per heavy atom. The van der Waals surface area contributed by atoms with Gasteiger partial charge in [0.05, 0.1) is 0 Å². The fraction of sp³-hybridized carbons (Fsp3) is 0.923. The molecular formula is C13H25N3O. The standard InChI is InChI=1S/C13H25N3O/c1-14(2)12(17)16-9-6-13(7-10-16)5-4-8-15(3)11-13/h4-11H2,1-3H3. The number of carbonyl (C=O) groups is 1. The van der Waals surface area contributed by atoms with Crippen LogP contribution >= 0.6 is 0 Å². The summed E-state index contributed by atoms with van der Waals surface area (Å²) in [7, 11) is 5.89. The molecule has 0 aromatic heterocycles. The fourth-order valence-electron chi connectivity index (χ4n) is 3.32. The van der Waals surface area contributed by atoms with Crippen LogP contribution in [0.15, 0.2) is 0 Å². The Morgan fingerprint density at radius 3 is 2.29 bits per heavy atom. The first-order chi connectivity index (χ1) is 8.02. The third-order valence-electron chi connectivity index (χ3n) is 4.33. The van der Waals surface area contributed by atoms with E-state index in [-0.39, 0.29) is 6.03 Å². The zero-order valence-corrected chi connectivity index (χ0v) is 11.4. The first kappa shape index (κ1) is 12.7. The van der Waals surface area contributed by atoms with Crippen LogP contribution in [-0.2, 0) is 0 Å². The van der Waals surface area contributed by atoms with Crippen molar-refractivity contribution in [3.05, 3.63) is 0 Å². The highest BCUT2D eigenvalue weighted by atomic mass is 16.2. The number of piperidine rings is 2. The van der Waals surface area contributed by atoms with Crippen LogP contribution < -0.4 is 0 Å². The first-order valence-electron chi connectivity index (χ1n) is 6.67. The average Bonchev–Trinajstić information content (AvgIpc) is 2.29. The summed E-state index contributed by atoms with van der Waals surface area (Å²) in [6.45, 7) is 4.33. The van der Waals surface area contributed by atoms with Crippen molar-refractivity contribution in [2.45, 2.75) is 25.7 Å². The quantitative estimate of drug-likeness (QED) is 0.640. The number of rotatable bonds is 0. The van der Waals surface area contributed by atoms with Crippen molar-refractivity contribution >= 4 is 6.03 Å². The molecule has 0 atom stereocenters. The molecule has 1 spiro atoms. The van der Waals surface area contributed by atoms with Gasteiger partial charge in [0.15, 0.2) is 0 Å². The summed E-state index contributed by atoms with van der Waals surface area (Å²) in [5.41, 5.74) is 0.496. The van der Waals surface area contributed by atoms with E-state index in [1.807, 2.05) is 19.0 Å². The Kier molecular flexibility index (Phi) is 3.61. The maximum Gasteiger partial charge on any atom is 0.319 e.